The summed E-state index contributed by atoms with van der Waals surface area (Å²) < 4.78 is 5.24. The third-order valence-corrected chi connectivity index (χ3v) is 3.48. The summed E-state index contributed by atoms with van der Waals surface area (Å²) in [6, 6.07) is 6.12. The van der Waals surface area contributed by atoms with E-state index in [1.165, 1.54) is 12.8 Å². The van der Waals surface area contributed by atoms with E-state index in [4.69, 9.17) is 4.42 Å². The lowest BCUT2D eigenvalue weighted by Crippen LogP contribution is -2.31. The second-order valence-electron chi connectivity index (χ2n) is 4.93. The van der Waals surface area contributed by atoms with Crippen molar-refractivity contribution < 1.29 is 9.21 Å². The van der Waals surface area contributed by atoms with Crippen molar-refractivity contribution in [1.29, 1.82) is 0 Å². The van der Waals surface area contributed by atoms with Gasteiger partial charge < -0.3 is 15.1 Å². The number of nitrogens with zero attached hydrogens (tertiary/aromatic N) is 1. The lowest BCUT2D eigenvalue weighted by Gasteiger charge is -2.10. The summed E-state index contributed by atoms with van der Waals surface area (Å²) in [5.41, 5.74) is 2.62. The summed E-state index contributed by atoms with van der Waals surface area (Å²) in [7, 11) is 0. The van der Waals surface area contributed by atoms with E-state index in [1.54, 1.807) is 0 Å². The molecule has 5 nitrogen and oxygen atoms in total. The molecule has 19 heavy (non-hydrogen) atoms. The smallest absolute Gasteiger partial charge is 0.221 e. The van der Waals surface area contributed by atoms with Crippen molar-refractivity contribution in [3.05, 3.63) is 30.2 Å². The zero-order valence-electron chi connectivity index (χ0n) is 10.7. The Balaban J connectivity index is 1.54. The van der Waals surface area contributed by atoms with Gasteiger partial charge in [-0.15, -0.1) is 0 Å². The van der Waals surface area contributed by atoms with Crippen LogP contribution in [0, 0.1) is 0 Å². The van der Waals surface area contributed by atoms with Crippen LogP contribution < -0.4 is 10.6 Å². The van der Waals surface area contributed by atoms with Gasteiger partial charge in [0.05, 0.1) is 0 Å². The first-order chi connectivity index (χ1) is 9.31. The Kier molecular flexibility index (Phi) is 3.46. The second kappa shape index (κ2) is 5.40. The molecular weight excluding hydrogens is 242 g/mol. The van der Waals surface area contributed by atoms with Crippen molar-refractivity contribution in [2.45, 2.75) is 31.8 Å². The minimum atomic E-state index is 0.0945. The van der Waals surface area contributed by atoms with Gasteiger partial charge in [-0.2, -0.15) is 0 Å². The number of fused-ring (bicyclic) bond motifs is 1. The van der Waals surface area contributed by atoms with E-state index in [9.17, 15) is 4.79 Å². The molecule has 1 saturated heterocycles. The van der Waals surface area contributed by atoms with Gasteiger partial charge in [-0.3, -0.25) is 4.79 Å². The molecule has 0 radical (unpaired) electrons. The van der Waals surface area contributed by atoms with Gasteiger partial charge >= 0.3 is 0 Å². The van der Waals surface area contributed by atoms with E-state index >= 15 is 0 Å². The molecule has 2 aromatic rings. The SMILES string of the molecule is O=C(CC1CCCN1)NCc1ccc2ncoc2c1. The van der Waals surface area contributed by atoms with Gasteiger partial charge in [-0.25, -0.2) is 4.98 Å². The molecule has 1 amide bonds. The van der Waals surface area contributed by atoms with Crippen molar-refractivity contribution in [1.82, 2.24) is 15.6 Å². The number of hydrogen-bond donors (Lipinski definition) is 2. The Morgan fingerprint density at radius 3 is 3.32 bits per heavy atom. The number of oxazole rings is 1. The zero-order valence-corrected chi connectivity index (χ0v) is 10.7. The number of rotatable bonds is 4. The third kappa shape index (κ3) is 2.93. The highest BCUT2D eigenvalue weighted by molar-refractivity contribution is 5.77. The molecule has 1 aromatic carbocycles. The lowest BCUT2D eigenvalue weighted by molar-refractivity contribution is -0.121. The molecule has 1 unspecified atom stereocenters. The van der Waals surface area contributed by atoms with Crippen LogP contribution in [0.2, 0.25) is 0 Å². The maximum atomic E-state index is 11.8. The van der Waals surface area contributed by atoms with Crippen LogP contribution >= 0.6 is 0 Å². The van der Waals surface area contributed by atoms with E-state index in [1.807, 2.05) is 18.2 Å². The molecular formula is C14H17N3O2. The largest absolute Gasteiger partial charge is 0.443 e. The molecule has 5 heteroatoms. The average molecular weight is 259 g/mol. The summed E-state index contributed by atoms with van der Waals surface area (Å²) in [6.07, 6.45) is 4.25. The van der Waals surface area contributed by atoms with Crippen LogP contribution in [-0.2, 0) is 11.3 Å². The van der Waals surface area contributed by atoms with Crippen molar-refractivity contribution in [3.63, 3.8) is 0 Å². The third-order valence-electron chi connectivity index (χ3n) is 3.48. The number of amides is 1. The maximum absolute atomic E-state index is 11.8. The number of carbonyl (C=O) groups excluding carboxylic acids is 1. The van der Waals surface area contributed by atoms with E-state index in [0.717, 1.165) is 29.6 Å². The molecule has 1 aliphatic heterocycles. The number of aromatic nitrogens is 1. The predicted octanol–water partition coefficient (Wildman–Crippen LogP) is 1.59. The van der Waals surface area contributed by atoms with E-state index in [2.05, 4.69) is 15.6 Å². The first kappa shape index (κ1) is 12.2. The highest BCUT2D eigenvalue weighted by atomic mass is 16.3. The van der Waals surface area contributed by atoms with Gasteiger partial charge in [-0.05, 0) is 37.1 Å². The Bertz CT molecular complexity index is 573. The van der Waals surface area contributed by atoms with Crippen LogP contribution in [-0.4, -0.2) is 23.5 Å². The Labute approximate surface area is 111 Å². The summed E-state index contributed by atoms with van der Waals surface area (Å²) in [5.74, 6) is 0.0945. The van der Waals surface area contributed by atoms with E-state index in [-0.39, 0.29) is 5.91 Å². The summed E-state index contributed by atoms with van der Waals surface area (Å²) in [6.45, 7) is 1.56. The fourth-order valence-corrected chi connectivity index (χ4v) is 2.44. The molecule has 1 fully saturated rings. The molecule has 100 valence electrons. The van der Waals surface area contributed by atoms with Gasteiger partial charge in [0.1, 0.15) is 5.52 Å². The summed E-state index contributed by atoms with van der Waals surface area (Å²) in [5, 5.41) is 6.26. The van der Waals surface area contributed by atoms with Crippen molar-refractivity contribution in [2.75, 3.05) is 6.54 Å². The van der Waals surface area contributed by atoms with Gasteiger partial charge in [0.2, 0.25) is 5.91 Å². The number of nitrogens with one attached hydrogen (secondary N) is 2. The first-order valence-corrected chi connectivity index (χ1v) is 6.63. The molecule has 1 aromatic heterocycles. The molecule has 1 aliphatic rings. The van der Waals surface area contributed by atoms with Crippen molar-refractivity contribution >= 4 is 17.0 Å². The minimum absolute atomic E-state index is 0.0945. The van der Waals surface area contributed by atoms with E-state index < -0.39 is 0 Å². The Morgan fingerprint density at radius 2 is 2.47 bits per heavy atom. The van der Waals surface area contributed by atoms with Crippen LogP contribution in [0.4, 0.5) is 0 Å². The highest BCUT2D eigenvalue weighted by Crippen LogP contribution is 2.14. The van der Waals surface area contributed by atoms with Gasteiger partial charge in [0.15, 0.2) is 12.0 Å². The lowest BCUT2D eigenvalue weighted by atomic mass is 10.1. The molecule has 1 atom stereocenters. The summed E-state index contributed by atoms with van der Waals surface area (Å²) >= 11 is 0. The van der Waals surface area contributed by atoms with Crippen molar-refractivity contribution in [3.8, 4) is 0 Å². The monoisotopic (exact) mass is 259 g/mol. The van der Waals surface area contributed by atoms with Crippen LogP contribution in [0.15, 0.2) is 29.0 Å². The van der Waals surface area contributed by atoms with Crippen LogP contribution in [0.3, 0.4) is 0 Å². The zero-order chi connectivity index (χ0) is 13.1. The first-order valence-electron chi connectivity index (χ1n) is 6.63. The molecule has 0 bridgehead atoms. The van der Waals surface area contributed by atoms with Crippen LogP contribution in [0.1, 0.15) is 24.8 Å². The minimum Gasteiger partial charge on any atom is -0.443 e. The topological polar surface area (TPSA) is 67.2 Å². The quantitative estimate of drug-likeness (QED) is 0.875. The number of hydrogen-bond acceptors (Lipinski definition) is 4. The Hall–Kier alpha value is -1.88. The predicted molar refractivity (Wildman–Crippen MR) is 71.5 cm³/mol. The number of carbonyl (C=O) groups is 1. The Morgan fingerprint density at radius 1 is 1.53 bits per heavy atom. The molecule has 0 aliphatic carbocycles. The second-order valence-corrected chi connectivity index (χ2v) is 4.93. The van der Waals surface area contributed by atoms with E-state index in [0.29, 0.717) is 19.0 Å². The normalized spacial score (nSPS) is 18.8. The van der Waals surface area contributed by atoms with Crippen LogP contribution in [0.25, 0.3) is 11.1 Å². The van der Waals surface area contributed by atoms with Gasteiger partial charge in [0, 0.05) is 19.0 Å². The molecule has 2 N–H and O–H groups in total. The van der Waals surface area contributed by atoms with Gasteiger partial charge in [-0.1, -0.05) is 6.07 Å². The fourth-order valence-electron chi connectivity index (χ4n) is 2.44. The van der Waals surface area contributed by atoms with Gasteiger partial charge in [0.25, 0.3) is 0 Å². The average Bonchev–Trinajstić information content (AvgIpc) is 3.06. The molecule has 0 saturated carbocycles. The molecule has 3 rings (SSSR count). The fraction of sp³-hybridized carbons (Fsp3) is 0.429. The summed E-state index contributed by atoms with van der Waals surface area (Å²) in [4.78, 5) is 15.9. The highest BCUT2D eigenvalue weighted by Gasteiger charge is 2.17. The molecule has 2 heterocycles. The van der Waals surface area contributed by atoms with Crippen molar-refractivity contribution in [2.24, 2.45) is 0 Å². The number of benzene rings is 1. The molecule has 0 spiro atoms. The maximum Gasteiger partial charge on any atom is 0.221 e. The van der Waals surface area contributed by atoms with Crippen LogP contribution in [0.5, 0.6) is 0 Å². The standard InChI is InChI=1S/C14H17N3O2/c18-14(7-11-2-1-5-15-11)16-8-10-3-4-12-13(6-10)19-9-17-12/h3-4,6,9,11,15H,1-2,5,7-8H2,(H,16,18).